The van der Waals surface area contributed by atoms with E-state index >= 15 is 0 Å². The number of benzene rings is 1. The minimum atomic E-state index is -0.508. The van der Waals surface area contributed by atoms with Crippen LogP contribution in [0.25, 0.3) is 11.4 Å². The number of nitrogens with zero attached hydrogens (tertiary/aromatic N) is 4. The van der Waals surface area contributed by atoms with E-state index in [0.717, 1.165) is 21.4 Å². The van der Waals surface area contributed by atoms with Crippen molar-refractivity contribution in [3.63, 3.8) is 0 Å². The SMILES string of the molecule is CCOC(=O)c1sc(NC(=O)CCSc2nnc(-c3ccc(Br)cc3)n2N)c(C#N)c1C. The lowest BCUT2D eigenvalue weighted by Crippen LogP contribution is -2.14. The largest absolute Gasteiger partial charge is 0.462 e. The highest BCUT2D eigenvalue weighted by atomic mass is 79.9. The van der Waals surface area contributed by atoms with Crippen molar-refractivity contribution in [3.05, 3.63) is 44.7 Å². The molecule has 0 saturated heterocycles. The number of aromatic nitrogens is 3. The Morgan fingerprint density at radius 1 is 1.34 bits per heavy atom. The first-order valence-electron chi connectivity index (χ1n) is 9.45. The van der Waals surface area contributed by atoms with Gasteiger partial charge >= 0.3 is 5.97 Å². The molecule has 2 aromatic heterocycles. The van der Waals surface area contributed by atoms with Crippen molar-refractivity contribution >= 4 is 55.9 Å². The number of carbonyl (C=O) groups is 2. The zero-order valence-corrected chi connectivity index (χ0v) is 20.4. The molecule has 3 rings (SSSR count). The van der Waals surface area contributed by atoms with Gasteiger partial charge < -0.3 is 15.9 Å². The molecule has 3 aromatic rings. The van der Waals surface area contributed by atoms with Crippen LogP contribution in [-0.4, -0.2) is 39.1 Å². The molecule has 0 fully saturated rings. The molecule has 0 saturated carbocycles. The third kappa shape index (κ3) is 5.29. The molecule has 3 N–H and O–H groups in total. The predicted octanol–water partition coefficient (Wildman–Crippen LogP) is 3.96. The van der Waals surface area contributed by atoms with Gasteiger partial charge in [0.05, 0.1) is 12.2 Å². The van der Waals surface area contributed by atoms with Gasteiger partial charge in [-0.3, -0.25) is 4.79 Å². The molecule has 166 valence electrons. The normalized spacial score (nSPS) is 10.6. The molecule has 0 spiro atoms. The quantitative estimate of drug-likeness (QED) is 0.251. The predicted molar refractivity (Wildman–Crippen MR) is 127 cm³/mol. The molecular weight excluding hydrogens is 516 g/mol. The lowest BCUT2D eigenvalue weighted by Gasteiger charge is -2.05. The molecule has 0 aliphatic carbocycles. The van der Waals surface area contributed by atoms with Crippen LogP contribution in [0.4, 0.5) is 5.00 Å². The highest BCUT2D eigenvalue weighted by Gasteiger charge is 2.22. The number of nitrogens with one attached hydrogen (secondary N) is 1. The fraction of sp³-hybridized carbons (Fsp3) is 0.250. The Hall–Kier alpha value is -2.88. The van der Waals surface area contributed by atoms with Crippen LogP contribution in [-0.2, 0) is 9.53 Å². The molecule has 0 radical (unpaired) electrons. The zero-order valence-electron chi connectivity index (χ0n) is 17.2. The van der Waals surface area contributed by atoms with Crippen LogP contribution in [0.1, 0.15) is 34.1 Å². The van der Waals surface area contributed by atoms with Crippen molar-refractivity contribution in [2.75, 3.05) is 23.5 Å². The smallest absolute Gasteiger partial charge is 0.348 e. The first kappa shape index (κ1) is 23.8. The van der Waals surface area contributed by atoms with Crippen LogP contribution in [0.3, 0.4) is 0 Å². The van der Waals surface area contributed by atoms with Gasteiger partial charge in [-0.15, -0.1) is 21.5 Å². The number of nitrogen functional groups attached to an aromatic ring is 1. The monoisotopic (exact) mass is 534 g/mol. The van der Waals surface area contributed by atoms with E-state index in [1.54, 1.807) is 13.8 Å². The lowest BCUT2D eigenvalue weighted by molar-refractivity contribution is -0.115. The second-order valence-electron chi connectivity index (χ2n) is 6.42. The average molecular weight is 535 g/mol. The molecule has 0 atom stereocenters. The first-order valence-corrected chi connectivity index (χ1v) is 12.0. The second-order valence-corrected chi connectivity index (χ2v) is 9.42. The van der Waals surface area contributed by atoms with Gasteiger partial charge in [0.1, 0.15) is 15.9 Å². The van der Waals surface area contributed by atoms with Crippen molar-refractivity contribution in [3.8, 4) is 17.5 Å². The van der Waals surface area contributed by atoms with E-state index in [-0.39, 0.29) is 24.5 Å². The minimum Gasteiger partial charge on any atom is -0.462 e. The number of halogens is 1. The van der Waals surface area contributed by atoms with E-state index in [4.69, 9.17) is 10.6 Å². The molecule has 1 aromatic carbocycles. The maximum atomic E-state index is 12.4. The van der Waals surface area contributed by atoms with Gasteiger partial charge in [-0.25, -0.2) is 9.47 Å². The molecule has 9 nitrogen and oxygen atoms in total. The number of hydrogen-bond acceptors (Lipinski definition) is 9. The van der Waals surface area contributed by atoms with Crippen LogP contribution in [0.2, 0.25) is 0 Å². The van der Waals surface area contributed by atoms with E-state index in [9.17, 15) is 14.9 Å². The molecule has 12 heteroatoms. The van der Waals surface area contributed by atoms with Gasteiger partial charge in [0.15, 0.2) is 5.82 Å². The number of hydrogen-bond donors (Lipinski definition) is 2. The highest BCUT2D eigenvalue weighted by Crippen LogP contribution is 2.33. The fourth-order valence-corrected chi connectivity index (χ4v) is 4.85. The molecule has 1 amide bonds. The molecule has 32 heavy (non-hydrogen) atoms. The summed E-state index contributed by atoms with van der Waals surface area (Å²) in [6.45, 7) is 3.59. The molecule has 2 heterocycles. The van der Waals surface area contributed by atoms with Crippen molar-refractivity contribution in [1.82, 2.24) is 14.9 Å². The minimum absolute atomic E-state index is 0.154. The number of nitriles is 1. The van der Waals surface area contributed by atoms with Crippen molar-refractivity contribution in [2.45, 2.75) is 25.4 Å². The molecule has 0 aliphatic rings. The lowest BCUT2D eigenvalue weighted by atomic mass is 10.2. The maximum Gasteiger partial charge on any atom is 0.348 e. The number of nitrogens with two attached hydrogens (primary N) is 1. The number of thioether (sulfide) groups is 1. The van der Waals surface area contributed by atoms with Crippen molar-refractivity contribution < 1.29 is 14.3 Å². The average Bonchev–Trinajstić information content (AvgIpc) is 3.28. The van der Waals surface area contributed by atoms with Crippen LogP contribution in [0.5, 0.6) is 0 Å². The Labute approximate surface area is 201 Å². The maximum absolute atomic E-state index is 12.4. The molecule has 0 unspecified atom stereocenters. The number of anilines is 1. The summed E-state index contributed by atoms with van der Waals surface area (Å²) >= 11 is 5.71. The van der Waals surface area contributed by atoms with Crippen LogP contribution >= 0.6 is 39.0 Å². The molecule has 0 aliphatic heterocycles. The van der Waals surface area contributed by atoms with Gasteiger partial charge in [-0.05, 0) is 31.5 Å². The summed E-state index contributed by atoms with van der Waals surface area (Å²) in [5, 5.41) is 21.2. The summed E-state index contributed by atoms with van der Waals surface area (Å²) in [6.07, 6.45) is 0.154. The number of ether oxygens (including phenoxy) is 1. The summed E-state index contributed by atoms with van der Waals surface area (Å²) in [4.78, 5) is 24.8. The number of rotatable bonds is 8. The standard InChI is InChI=1S/C20H19BrN6O3S2/c1-3-30-19(29)16-11(2)14(10-22)18(32-16)24-15(28)8-9-31-20-26-25-17(27(20)23)12-4-6-13(21)7-5-12/h4-7H,3,8-9,23H2,1-2H3,(H,24,28). The van der Waals surface area contributed by atoms with E-state index in [1.807, 2.05) is 30.3 Å². The van der Waals surface area contributed by atoms with Crippen LogP contribution < -0.4 is 11.2 Å². The van der Waals surface area contributed by atoms with Gasteiger partial charge in [0, 0.05) is 22.2 Å². The van der Waals surface area contributed by atoms with Crippen molar-refractivity contribution in [1.29, 1.82) is 5.26 Å². The number of carbonyl (C=O) groups excluding carboxylic acids is 2. The van der Waals surface area contributed by atoms with E-state index < -0.39 is 5.97 Å². The summed E-state index contributed by atoms with van der Waals surface area (Å²) in [6, 6.07) is 9.56. The molecule has 0 bridgehead atoms. The molecular formula is C20H19BrN6O3S2. The Morgan fingerprint density at radius 3 is 2.72 bits per heavy atom. The third-order valence-electron chi connectivity index (χ3n) is 4.30. The zero-order chi connectivity index (χ0) is 23.3. The summed E-state index contributed by atoms with van der Waals surface area (Å²) in [7, 11) is 0. The Kier molecular flexibility index (Phi) is 7.89. The van der Waals surface area contributed by atoms with Crippen LogP contribution in [0, 0.1) is 18.3 Å². The number of thiophene rings is 1. The Morgan fingerprint density at radius 2 is 2.06 bits per heavy atom. The van der Waals surface area contributed by atoms with Gasteiger partial charge in [-0.2, -0.15) is 5.26 Å². The number of esters is 1. The topological polar surface area (TPSA) is 136 Å². The Balaban J connectivity index is 1.61. The van der Waals surface area contributed by atoms with Gasteiger partial charge in [0.25, 0.3) is 0 Å². The summed E-state index contributed by atoms with van der Waals surface area (Å²) in [5.41, 5.74) is 1.58. The van der Waals surface area contributed by atoms with Crippen LogP contribution in [0.15, 0.2) is 33.9 Å². The summed E-state index contributed by atoms with van der Waals surface area (Å²) in [5.74, 6) is 6.23. The van der Waals surface area contributed by atoms with Crippen molar-refractivity contribution in [2.24, 2.45) is 0 Å². The fourth-order valence-electron chi connectivity index (χ4n) is 2.72. The van der Waals surface area contributed by atoms with Gasteiger partial charge in [0.2, 0.25) is 11.1 Å². The van der Waals surface area contributed by atoms with E-state index in [0.29, 0.717) is 32.2 Å². The Bertz CT molecular complexity index is 1180. The summed E-state index contributed by atoms with van der Waals surface area (Å²) < 4.78 is 7.34. The highest BCUT2D eigenvalue weighted by molar-refractivity contribution is 9.10. The third-order valence-corrected chi connectivity index (χ3v) is 6.96. The number of amides is 1. The second kappa shape index (κ2) is 10.6. The first-order chi connectivity index (χ1) is 15.3. The van der Waals surface area contributed by atoms with E-state index in [2.05, 4.69) is 31.4 Å². The van der Waals surface area contributed by atoms with Gasteiger partial charge in [-0.1, -0.05) is 39.8 Å². The van der Waals surface area contributed by atoms with E-state index in [1.165, 1.54) is 16.4 Å².